The molecule has 7 heteroatoms. The van der Waals surface area contributed by atoms with Crippen molar-refractivity contribution in [3.63, 3.8) is 0 Å². The molecular weight excluding hydrogens is 328 g/mol. The average Bonchev–Trinajstić information content (AvgIpc) is 2.94. The van der Waals surface area contributed by atoms with Gasteiger partial charge in [-0.05, 0) is 25.0 Å². The van der Waals surface area contributed by atoms with E-state index in [0.717, 1.165) is 37.4 Å². The molecule has 0 spiro atoms. The lowest BCUT2D eigenvalue weighted by atomic mass is 9.89. The van der Waals surface area contributed by atoms with Gasteiger partial charge in [0.15, 0.2) is 0 Å². The Labute approximate surface area is 144 Å². The molecule has 3 amide bonds. The summed E-state index contributed by atoms with van der Waals surface area (Å²) in [5, 5.41) is 2.80. The van der Waals surface area contributed by atoms with Crippen LogP contribution in [0.5, 0.6) is 5.75 Å². The smallest absolute Gasteiger partial charge is 0.289 e. The maximum Gasteiger partial charge on any atom is 0.289 e. The van der Waals surface area contributed by atoms with Crippen LogP contribution in [0.25, 0.3) is 0 Å². The van der Waals surface area contributed by atoms with Crippen LogP contribution in [-0.2, 0) is 4.79 Å². The first-order valence-corrected chi connectivity index (χ1v) is 9.03. The lowest BCUT2D eigenvalue weighted by Crippen LogP contribution is -2.54. The van der Waals surface area contributed by atoms with Gasteiger partial charge in [0, 0.05) is 0 Å². The zero-order valence-electron chi connectivity index (χ0n) is 13.5. The van der Waals surface area contributed by atoms with Gasteiger partial charge in [-0.15, -0.1) is 0 Å². The first kappa shape index (κ1) is 16.8. The third-order valence-corrected chi connectivity index (χ3v) is 5.35. The number of rotatable bonds is 4. The van der Waals surface area contributed by atoms with Crippen LogP contribution in [0.3, 0.4) is 0 Å². The second-order valence-corrected chi connectivity index (χ2v) is 6.88. The van der Waals surface area contributed by atoms with E-state index < -0.39 is 0 Å². The Hall–Kier alpha value is -2.02. The molecule has 1 saturated carbocycles. The molecule has 2 fully saturated rings. The highest BCUT2D eigenvalue weighted by atomic mass is 32.2. The Morgan fingerprint density at radius 2 is 2.00 bits per heavy atom. The maximum absolute atomic E-state index is 12.6. The Balaban J connectivity index is 1.77. The van der Waals surface area contributed by atoms with Crippen molar-refractivity contribution in [1.29, 1.82) is 0 Å². The summed E-state index contributed by atoms with van der Waals surface area (Å²) in [5.41, 5.74) is 0.456. The number of thioether (sulfide) groups is 1. The summed E-state index contributed by atoms with van der Waals surface area (Å²) in [7, 11) is 1.52. The van der Waals surface area contributed by atoms with Crippen LogP contribution in [0.2, 0.25) is 0 Å². The van der Waals surface area contributed by atoms with E-state index >= 15 is 0 Å². The quantitative estimate of drug-likeness (QED) is 0.904. The average molecular weight is 348 g/mol. The van der Waals surface area contributed by atoms with Crippen molar-refractivity contribution < 1.29 is 19.1 Å². The molecule has 0 aromatic heterocycles. The minimum atomic E-state index is -0.257. The molecule has 128 valence electrons. The number of nitrogens with zero attached hydrogens (tertiary/aromatic N) is 1. The molecule has 1 saturated heterocycles. The molecule has 24 heavy (non-hydrogen) atoms. The summed E-state index contributed by atoms with van der Waals surface area (Å²) in [4.78, 5) is 38.0. The normalized spacial score (nSPS) is 24.1. The lowest BCUT2D eigenvalue weighted by Gasteiger charge is -2.36. The zero-order chi connectivity index (χ0) is 17.1. The summed E-state index contributed by atoms with van der Waals surface area (Å²) < 4.78 is 5.23. The standard InChI is InChI=1S/C17H20N2O4S/c1-23-14-9-5-2-6-11(14)16(21)18-12-7-3-4-8-13(12)19-15(20)10-24-17(19)22/h2,5-6,9,12-13H,3-4,7-8,10H2,1H3,(H,18,21)/t12-,13+/m0/s1. The van der Waals surface area contributed by atoms with Crippen LogP contribution in [-0.4, -0.2) is 46.9 Å². The van der Waals surface area contributed by atoms with Crippen molar-refractivity contribution in [1.82, 2.24) is 10.2 Å². The number of ether oxygens (including phenoxy) is 1. The molecule has 0 radical (unpaired) electrons. The Bertz CT molecular complexity index is 648. The van der Waals surface area contributed by atoms with Crippen LogP contribution >= 0.6 is 11.8 Å². The van der Waals surface area contributed by atoms with Crippen LogP contribution in [0.4, 0.5) is 4.79 Å². The van der Waals surface area contributed by atoms with Gasteiger partial charge in [0.1, 0.15) is 5.75 Å². The first-order valence-electron chi connectivity index (χ1n) is 8.04. The number of para-hydroxylation sites is 1. The van der Waals surface area contributed by atoms with Gasteiger partial charge in [-0.2, -0.15) is 0 Å². The van der Waals surface area contributed by atoms with E-state index in [1.165, 1.54) is 12.0 Å². The fourth-order valence-corrected chi connectivity index (χ4v) is 4.11. The predicted molar refractivity (Wildman–Crippen MR) is 91.2 cm³/mol. The topological polar surface area (TPSA) is 75.7 Å². The fourth-order valence-electron chi connectivity index (χ4n) is 3.35. The Kier molecular flexibility index (Phi) is 5.08. The second-order valence-electron chi connectivity index (χ2n) is 5.95. The van der Waals surface area contributed by atoms with Gasteiger partial charge < -0.3 is 10.1 Å². The Morgan fingerprint density at radius 1 is 1.25 bits per heavy atom. The highest BCUT2D eigenvalue weighted by Gasteiger charge is 2.41. The minimum absolute atomic E-state index is 0.159. The highest BCUT2D eigenvalue weighted by Crippen LogP contribution is 2.30. The zero-order valence-corrected chi connectivity index (χ0v) is 14.3. The summed E-state index contributed by atoms with van der Waals surface area (Å²) >= 11 is 1.04. The van der Waals surface area contributed by atoms with E-state index in [-0.39, 0.29) is 34.9 Å². The lowest BCUT2D eigenvalue weighted by molar-refractivity contribution is -0.127. The first-order chi connectivity index (χ1) is 11.6. The molecule has 1 heterocycles. The van der Waals surface area contributed by atoms with E-state index in [0.29, 0.717) is 11.3 Å². The number of hydrogen-bond donors (Lipinski definition) is 1. The van der Waals surface area contributed by atoms with Gasteiger partial charge in [0.25, 0.3) is 11.1 Å². The van der Waals surface area contributed by atoms with Crippen molar-refractivity contribution >= 4 is 28.8 Å². The van der Waals surface area contributed by atoms with Crippen LogP contribution < -0.4 is 10.1 Å². The van der Waals surface area contributed by atoms with Gasteiger partial charge in [-0.3, -0.25) is 19.3 Å². The molecule has 1 aromatic rings. The van der Waals surface area contributed by atoms with Crippen molar-refractivity contribution in [2.24, 2.45) is 0 Å². The van der Waals surface area contributed by atoms with Crippen molar-refractivity contribution in [3.8, 4) is 5.75 Å². The van der Waals surface area contributed by atoms with E-state index in [1.807, 2.05) is 0 Å². The highest BCUT2D eigenvalue weighted by molar-refractivity contribution is 8.14. The SMILES string of the molecule is COc1ccccc1C(=O)N[C@H]1CCCC[C@H]1N1C(=O)CSC1=O. The van der Waals surface area contributed by atoms with E-state index in [9.17, 15) is 14.4 Å². The summed E-state index contributed by atoms with van der Waals surface area (Å²) in [6.45, 7) is 0. The predicted octanol–water partition coefficient (Wildman–Crippen LogP) is 2.43. The molecule has 6 nitrogen and oxygen atoms in total. The van der Waals surface area contributed by atoms with Crippen molar-refractivity contribution in [2.45, 2.75) is 37.8 Å². The minimum Gasteiger partial charge on any atom is -0.496 e. The largest absolute Gasteiger partial charge is 0.496 e. The number of carbonyl (C=O) groups excluding carboxylic acids is 3. The number of carbonyl (C=O) groups is 3. The third kappa shape index (κ3) is 3.26. The van der Waals surface area contributed by atoms with Crippen LogP contribution in [0.15, 0.2) is 24.3 Å². The Morgan fingerprint density at radius 3 is 2.71 bits per heavy atom. The molecule has 2 aliphatic rings. The van der Waals surface area contributed by atoms with E-state index in [2.05, 4.69) is 5.32 Å². The molecule has 1 N–H and O–H groups in total. The second kappa shape index (κ2) is 7.25. The number of benzene rings is 1. The monoisotopic (exact) mass is 348 g/mol. The van der Waals surface area contributed by atoms with Crippen molar-refractivity contribution in [2.75, 3.05) is 12.9 Å². The van der Waals surface area contributed by atoms with Gasteiger partial charge in [0.2, 0.25) is 5.91 Å². The van der Waals surface area contributed by atoms with Crippen LogP contribution in [0, 0.1) is 0 Å². The summed E-state index contributed by atoms with van der Waals surface area (Å²) in [6.07, 6.45) is 3.41. The molecule has 0 unspecified atom stereocenters. The molecular formula is C17H20N2O4S. The van der Waals surface area contributed by atoms with Gasteiger partial charge >= 0.3 is 0 Å². The molecule has 1 aliphatic carbocycles. The summed E-state index contributed by atoms with van der Waals surface area (Å²) in [6, 6.07) is 6.54. The maximum atomic E-state index is 12.6. The van der Waals surface area contributed by atoms with Crippen LogP contribution in [0.1, 0.15) is 36.0 Å². The van der Waals surface area contributed by atoms with E-state index in [1.54, 1.807) is 24.3 Å². The van der Waals surface area contributed by atoms with E-state index in [4.69, 9.17) is 4.74 Å². The van der Waals surface area contributed by atoms with Gasteiger partial charge in [0.05, 0.1) is 30.5 Å². The number of methoxy groups -OCH3 is 1. The summed E-state index contributed by atoms with van der Waals surface area (Å²) in [5.74, 6) is 0.304. The third-order valence-electron chi connectivity index (χ3n) is 4.51. The number of imide groups is 1. The molecule has 1 aromatic carbocycles. The van der Waals surface area contributed by atoms with Gasteiger partial charge in [-0.25, -0.2) is 0 Å². The number of hydrogen-bond acceptors (Lipinski definition) is 5. The fraction of sp³-hybridized carbons (Fsp3) is 0.471. The molecule has 1 aliphatic heterocycles. The molecule has 0 bridgehead atoms. The molecule has 3 rings (SSSR count). The number of amides is 3. The van der Waals surface area contributed by atoms with Gasteiger partial charge in [-0.1, -0.05) is 36.7 Å². The molecule has 2 atom stereocenters. The number of nitrogens with one attached hydrogen (secondary N) is 1. The van der Waals surface area contributed by atoms with Crippen molar-refractivity contribution in [3.05, 3.63) is 29.8 Å².